The quantitative estimate of drug-likeness (QED) is 0.856. The Balaban J connectivity index is 1.87. The molecular formula is C21H28N4O3. The topological polar surface area (TPSA) is 78.7 Å². The molecule has 1 saturated heterocycles. The molecule has 2 aromatic rings. The van der Waals surface area contributed by atoms with E-state index in [1.807, 2.05) is 56.1 Å². The van der Waals surface area contributed by atoms with Gasteiger partial charge in [0.05, 0.1) is 5.69 Å². The number of nitrogens with zero attached hydrogens (tertiary/aromatic N) is 3. The van der Waals surface area contributed by atoms with Gasteiger partial charge in [0, 0.05) is 32.1 Å². The van der Waals surface area contributed by atoms with E-state index in [9.17, 15) is 9.59 Å². The third kappa shape index (κ3) is 4.25. The van der Waals surface area contributed by atoms with Gasteiger partial charge in [0.1, 0.15) is 11.6 Å². The molecule has 7 nitrogen and oxygen atoms in total. The number of piperazine rings is 1. The van der Waals surface area contributed by atoms with Crippen molar-refractivity contribution in [3.63, 3.8) is 0 Å². The van der Waals surface area contributed by atoms with Crippen molar-refractivity contribution < 1.29 is 14.1 Å². The van der Waals surface area contributed by atoms with E-state index in [1.54, 1.807) is 6.92 Å². The first-order chi connectivity index (χ1) is 13.4. The van der Waals surface area contributed by atoms with Gasteiger partial charge in [-0.25, -0.2) is 0 Å². The molecule has 0 radical (unpaired) electrons. The van der Waals surface area contributed by atoms with E-state index >= 15 is 0 Å². The molecule has 0 bridgehead atoms. The third-order valence-corrected chi connectivity index (χ3v) is 5.11. The normalized spacial score (nSPS) is 16.2. The molecule has 3 rings (SSSR count). The minimum absolute atomic E-state index is 0.0189. The van der Waals surface area contributed by atoms with Gasteiger partial charge in [-0.05, 0) is 19.5 Å². The standard InChI is InChI=1S/C21H28N4O3/c1-14(2)19-17(15(3)23-28-19)20(26)22-18(16-8-6-5-7-9-16)21(27)25-12-10-24(4)11-13-25/h5-9,14,18H,10-13H2,1-4H3,(H,22,26). The number of aryl methyl sites for hydroxylation is 1. The molecule has 1 fully saturated rings. The van der Waals surface area contributed by atoms with Crippen LogP contribution in [0.25, 0.3) is 0 Å². The maximum absolute atomic E-state index is 13.3. The number of hydrogen-bond donors (Lipinski definition) is 1. The SMILES string of the molecule is Cc1noc(C(C)C)c1C(=O)NC(C(=O)N1CCN(C)CC1)c1ccccc1. The fourth-order valence-corrected chi connectivity index (χ4v) is 3.40. The van der Waals surface area contributed by atoms with Crippen LogP contribution >= 0.6 is 0 Å². The Hall–Kier alpha value is -2.67. The van der Waals surface area contributed by atoms with E-state index in [1.165, 1.54) is 0 Å². The van der Waals surface area contributed by atoms with Crippen LogP contribution in [0.2, 0.25) is 0 Å². The number of carbonyl (C=O) groups is 2. The lowest BCUT2D eigenvalue weighted by Gasteiger charge is -2.35. The summed E-state index contributed by atoms with van der Waals surface area (Å²) in [4.78, 5) is 30.4. The van der Waals surface area contributed by atoms with Gasteiger partial charge < -0.3 is 19.6 Å². The largest absolute Gasteiger partial charge is 0.360 e. The van der Waals surface area contributed by atoms with E-state index in [-0.39, 0.29) is 17.7 Å². The smallest absolute Gasteiger partial charge is 0.257 e. The van der Waals surface area contributed by atoms with Crippen molar-refractivity contribution in [2.45, 2.75) is 32.7 Å². The average Bonchev–Trinajstić information content (AvgIpc) is 3.08. The van der Waals surface area contributed by atoms with Gasteiger partial charge in [-0.3, -0.25) is 9.59 Å². The number of amides is 2. The maximum Gasteiger partial charge on any atom is 0.257 e. The van der Waals surface area contributed by atoms with Crippen molar-refractivity contribution in [2.75, 3.05) is 33.2 Å². The highest BCUT2D eigenvalue weighted by molar-refractivity contribution is 5.99. The Morgan fingerprint density at radius 3 is 2.36 bits per heavy atom. The van der Waals surface area contributed by atoms with Gasteiger partial charge in [-0.15, -0.1) is 0 Å². The molecule has 0 aliphatic carbocycles. The Morgan fingerprint density at radius 2 is 1.75 bits per heavy atom. The van der Waals surface area contributed by atoms with Crippen molar-refractivity contribution in [3.8, 4) is 0 Å². The molecule has 150 valence electrons. The predicted octanol–water partition coefficient (Wildman–Crippen LogP) is 2.35. The minimum atomic E-state index is -0.744. The second kappa shape index (κ2) is 8.56. The van der Waals surface area contributed by atoms with Crippen LogP contribution in [0.15, 0.2) is 34.9 Å². The first-order valence-electron chi connectivity index (χ1n) is 9.67. The van der Waals surface area contributed by atoms with E-state index < -0.39 is 6.04 Å². The molecule has 1 unspecified atom stereocenters. The van der Waals surface area contributed by atoms with Crippen molar-refractivity contribution in [3.05, 3.63) is 52.9 Å². The zero-order valence-electron chi connectivity index (χ0n) is 16.9. The van der Waals surface area contributed by atoms with E-state index in [0.717, 1.165) is 18.7 Å². The zero-order valence-corrected chi connectivity index (χ0v) is 16.9. The monoisotopic (exact) mass is 384 g/mol. The number of benzene rings is 1. The van der Waals surface area contributed by atoms with E-state index in [2.05, 4.69) is 15.4 Å². The van der Waals surface area contributed by atoms with Crippen LogP contribution in [-0.4, -0.2) is 60.0 Å². The van der Waals surface area contributed by atoms with Gasteiger partial charge in [-0.1, -0.05) is 49.3 Å². The van der Waals surface area contributed by atoms with E-state index in [0.29, 0.717) is 30.1 Å². The summed E-state index contributed by atoms with van der Waals surface area (Å²) in [6.07, 6.45) is 0. The fraction of sp³-hybridized carbons (Fsp3) is 0.476. The van der Waals surface area contributed by atoms with Crippen LogP contribution in [0.1, 0.15) is 53.2 Å². The molecule has 1 atom stereocenters. The average molecular weight is 384 g/mol. The maximum atomic E-state index is 13.3. The lowest BCUT2D eigenvalue weighted by molar-refractivity contribution is -0.135. The lowest BCUT2D eigenvalue weighted by atomic mass is 10.0. The predicted molar refractivity (Wildman–Crippen MR) is 106 cm³/mol. The molecule has 1 aromatic carbocycles. The molecule has 1 N–H and O–H groups in total. The molecule has 1 aliphatic rings. The number of hydrogen-bond acceptors (Lipinski definition) is 5. The Labute approximate surface area is 165 Å². The van der Waals surface area contributed by atoms with E-state index in [4.69, 9.17) is 4.52 Å². The number of nitrogens with one attached hydrogen (secondary N) is 1. The van der Waals surface area contributed by atoms with Gasteiger partial charge in [0.15, 0.2) is 5.76 Å². The Bertz CT molecular complexity index is 823. The zero-order chi connectivity index (χ0) is 20.3. The minimum Gasteiger partial charge on any atom is -0.360 e. The Kier molecular flexibility index (Phi) is 6.14. The number of likely N-dealkylation sites (N-methyl/N-ethyl adjacent to an activating group) is 1. The van der Waals surface area contributed by atoms with Crippen LogP contribution in [-0.2, 0) is 4.79 Å². The molecule has 0 spiro atoms. The summed E-state index contributed by atoms with van der Waals surface area (Å²) < 4.78 is 5.34. The van der Waals surface area contributed by atoms with Crippen LogP contribution in [0, 0.1) is 6.92 Å². The summed E-state index contributed by atoms with van der Waals surface area (Å²) in [5.41, 5.74) is 1.71. The van der Waals surface area contributed by atoms with Crippen LogP contribution in [0.3, 0.4) is 0 Å². The van der Waals surface area contributed by atoms with Gasteiger partial charge in [0.25, 0.3) is 5.91 Å². The second-order valence-corrected chi connectivity index (χ2v) is 7.61. The molecule has 2 heterocycles. The highest BCUT2D eigenvalue weighted by atomic mass is 16.5. The summed E-state index contributed by atoms with van der Waals surface area (Å²) in [6.45, 7) is 8.58. The molecular weight excluding hydrogens is 356 g/mol. The lowest BCUT2D eigenvalue weighted by Crippen LogP contribution is -2.51. The first kappa shape index (κ1) is 20.1. The molecule has 28 heavy (non-hydrogen) atoms. The number of rotatable bonds is 5. The fourth-order valence-electron chi connectivity index (χ4n) is 3.40. The number of aromatic nitrogens is 1. The molecule has 1 aliphatic heterocycles. The van der Waals surface area contributed by atoms with Crippen molar-refractivity contribution >= 4 is 11.8 Å². The number of carbonyl (C=O) groups excluding carboxylic acids is 2. The highest BCUT2D eigenvalue weighted by Crippen LogP contribution is 2.24. The Morgan fingerprint density at radius 1 is 1.11 bits per heavy atom. The summed E-state index contributed by atoms with van der Waals surface area (Å²) in [7, 11) is 2.04. The molecule has 7 heteroatoms. The van der Waals surface area contributed by atoms with Crippen LogP contribution < -0.4 is 5.32 Å². The summed E-state index contributed by atoms with van der Waals surface area (Å²) in [6, 6.07) is 8.62. The van der Waals surface area contributed by atoms with Crippen molar-refractivity contribution in [2.24, 2.45) is 0 Å². The molecule has 2 amide bonds. The van der Waals surface area contributed by atoms with Gasteiger partial charge in [0.2, 0.25) is 5.91 Å². The van der Waals surface area contributed by atoms with Crippen LogP contribution in [0.5, 0.6) is 0 Å². The second-order valence-electron chi connectivity index (χ2n) is 7.61. The van der Waals surface area contributed by atoms with Crippen molar-refractivity contribution in [1.82, 2.24) is 20.3 Å². The summed E-state index contributed by atoms with van der Waals surface area (Å²) >= 11 is 0. The third-order valence-electron chi connectivity index (χ3n) is 5.11. The van der Waals surface area contributed by atoms with Gasteiger partial charge >= 0.3 is 0 Å². The molecule has 0 saturated carbocycles. The van der Waals surface area contributed by atoms with Crippen LogP contribution in [0.4, 0.5) is 0 Å². The summed E-state index contributed by atoms with van der Waals surface area (Å²) in [5, 5.41) is 6.88. The first-order valence-corrected chi connectivity index (χ1v) is 9.67. The summed E-state index contributed by atoms with van der Waals surface area (Å²) in [5.74, 6) is 0.131. The highest BCUT2D eigenvalue weighted by Gasteiger charge is 2.31. The molecule has 1 aromatic heterocycles. The van der Waals surface area contributed by atoms with Gasteiger partial charge in [-0.2, -0.15) is 0 Å². The van der Waals surface area contributed by atoms with Crippen molar-refractivity contribution in [1.29, 1.82) is 0 Å².